The molecule has 1 saturated carbocycles. The van der Waals surface area contributed by atoms with E-state index in [1.165, 1.54) is 39.2 Å². The van der Waals surface area contributed by atoms with Gasteiger partial charge in [0.1, 0.15) is 0 Å². The number of rotatable bonds is 4. The maximum Gasteiger partial charge on any atom is 0.314 e. The van der Waals surface area contributed by atoms with Crippen molar-refractivity contribution in [2.24, 2.45) is 17.6 Å². The van der Waals surface area contributed by atoms with E-state index in [0.29, 0.717) is 19.5 Å². The van der Waals surface area contributed by atoms with Gasteiger partial charge in [-0.15, -0.1) is 0 Å². The lowest BCUT2D eigenvalue weighted by Gasteiger charge is -2.37. The number of nitrogens with one attached hydrogen (secondary N) is 1. The second-order valence-electron chi connectivity index (χ2n) is 6.31. The molecule has 3 N–H and O–H groups in total. The van der Waals surface area contributed by atoms with Gasteiger partial charge in [0, 0.05) is 19.1 Å². The van der Waals surface area contributed by atoms with Gasteiger partial charge in [-0.3, -0.25) is 4.79 Å². The van der Waals surface area contributed by atoms with E-state index in [0.717, 1.165) is 12.5 Å². The lowest BCUT2D eigenvalue weighted by Crippen LogP contribution is -2.55. The van der Waals surface area contributed by atoms with E-state index in [-0.39, 0.29) is 17.9 Å². The molecule has 1 aliphatic heterocycles. The van der Waals surface area contributed by atoms with Crippen LogP contribution < -0.4 is 11.1 Å². The number of hydrogen-bond donors (Lipinski definition) is 2. The molecule has 0 spiro atoms. The van der Waals surface area contributed by atoms with Gasteiger partial charge >= 0.3 is 12.0 Å². The number of amides is 2. The van der Waals surface area contributed by atoms with Gasteiger partial charge in [0.15, 0.2) is 0 Å². The summed E-state index contributed by atoms with van der Waals surface area (Å²) in [7, 11) is 1.38. The number of esters is 1. The number of carbonyl (C=O) groups is 2. The van der Waals surface area contributed by atoms with E-state index in [4.69, 9.17) is 10.5 Å². The van der Waals surface area contributed by atoms with Gasteiger partial charge in [0.2, 0.25) is 0 Å². The number of likely N-dealkylation sites (tertiary alicyclic amines) is 1. The fraction of sp³-hybridized carbons (Fsp3) is 0.867. The molecule has 120 valence electrons. The summed E-state index contributed by atoms with van der Waals surface area (Å²) >= 11 is 0. The third-order valence-corrected chi connectivity index (χ3v) is 4.72. The minimum Gasteiger partial charge on any atom is -0.469 e. The molecule has 2 aliphatic rings. The standard InChI is InChI=1S/C15H27N3O3/c1-21-14(19)12-7-13(10-18(9-12)15(16)20)17-8-11-5-3-2-4-6-11/h11-13,17H,2-10H2,1H3,(H2,16,20). The lowest BCUT2D eigenvalue weighted by molar-refractivity contribution is -0.147. The number of piperidine rings is 1. The maximum atomic E-state index is 11.8. The van der Waals surface area contributed by atoms with E-state index in [9.17, 15) is 9.59 Å². The van der Waals surface area contributed by atoms with Crippen LogP contribution in [0.2, 0.25) is 0 Å². The first-order valence-electron chi connectivity index (χ1n) is 7.95. The molecule has 21 heavy (non-hydrogen) atoms. The summed E-state index contributed by atoms with van der Waals surface area (Å²) in [5.74, 6) is 0.185. The zero-order valence-electron chi connectivity index (χ0n) is 12.8. The molecule has 1 saturated heterocycles. The number of ether oxygens (including phenoxy) is 1. The van der Waals surface area contributed by atoms with Crippen LogP contribution in [0.4, 0.5) is 4.79 Å². The van der Waals surface area contributed by atoms with E-state index in [1.807, 2.05) is 0 Å². The van der Waals surface area contributed by atoms with Gasteiger partial charge in [0.05, 0.1) is 13.0 Å². The quantitative estimate of drug-likeness (QED) is 0.761. The molecule has 6 heteroatoms. The molecule has 0 radical (unpaired) electrons. The third-order valence-electron chi connectivity index (χ3n) is 4.72. The van der Waals surface area contributed by atoms with Gasteiger partial charge in [-0.1, -0.05) is 19.3 Å². The van der Waals surface area contributed by atoms with Crippen LogP contribution in [-0.4, -0.2) is 49.7 Å². The van der Waals surface area contributed by atoms with Crippen molar-refractivity contribution in [1.29, 1.82) is 0 Å². The fourth-order valence-electron chi connectivity index (χ4n) is 3.49. The first kappa shape index (κ1) is 16.1. The summed E-state index contributed by atoms with van der Waals surface area (Å²) in [4.78, 5) is 24.7. The predicted molar refractivity (Wildman–Crippen MR) is 79.6 cm³/mol. The molecule has 2 amide bonds. The molecule has 0 bridgehead atoms. The van der Waals surface area contributed by atoms with E-state index >= 15 is 0 Å². The Morgan fingerprint density at radius 3 is 2.57 bits per heavy atom. The highest BCUT2D eigenvalue weighted by atomic mass is 16.5. The summed E-state index contributed by atoms with van der Waals surface area (Å²) in [6.45, 7) is 1.91. The highest BCUT2D eigenvalue weighted by molar-refractivity contribution is 5.76. The van der Waals surface area contributed by atoms with Crippen molar-refractivity contribution in [1.82, 2.24) is 10.2 Å². The highest BCUT2D eigenvalue weighted by Crippen LogP contribution is 2.24. The van der Waals surface area contributed by atoms with Crippen LogP contribution in [0.15, 0.2) is 0 Å². The van der Waals surface area contributed by atoms with Crippen LogP contribution in [-0.2, 0) is 9.53 Å². The lowest BCUT2D eigenvalue weighted by atomic mass is 9.88. The van der Waals surface area contributed by atoms with Crippen LogP contribution in [0.25, 0.3) is 0 Å². The van der Waals surface area contributed by atoms with E-state index in [1.54, 1.807) is 4.90 Å². The normalized spacial score (nSPS) is 27.4. The van der Waals surface area contributed by atoms with Crippen molar-refractivity contribution in [3.05, 3.63) is 0 Å². The molecule has 2 atom stereocenters. The molecule has 1 heterocycles. The Hall–Kier alpha value is -1.30. The molecule has 2 rings (SSSR count). The number of nitrogens with two attached hydrogens (primary N) is 1. The fourth-order valence-corrected chi connectivity index (χ4v) is 3.49. The Labute approximate surface area is 126 Å². The molecule has 2 fully saturated rings. The Kier molecular flexibility index (Phi) is 5.85. The second-order valence-corrected chi connectivity index (χ2v) is 6.31. The molecule has 0 aromatic carbocycles. The number of nitrogens with zero attached hydrogens (tertiary/aromatic N) is 1. The zero-order valence-corrected chi connectivity index (χ0v) is 12.8. The van der Waals surface area contributed by atoms with Crippen molar-refractivity contribution in [2.75, 3.05) is 26.7 Å². The van der Waals surface area contributed by atoms with Crippen LogP contribution >= 0.6 is 0 Å². The van der Waals surface area contributed by atoms with Gasteiger partial charge in [-0.25, -0.2) is 4.79 Å². The topological polar surface area (TPSA) is 84.7 Å². The van der Waals surface area contributed by atoms with Gasteiger partial charge < -0.3 is 20.7 Å². The molecule has 0 aromatic heterocycles. The Morgan fingerprint density at radius 1 is 1.24 bits per heavy atom. The first-order valence-corrected chi connectivity index (χ1v) is 7.95. The summed E-state index contributed by atoms with van der Waals surface area (Å²) < 4.78 is 4.82. The number of carbonyl (C=O) groups excluding carboxylic acids is 2. The SMILES string of the molecule is COC(=O)C1CC(NCC2CCCCC2)CN(C(N)=O)C1. The smallest absolute Gasteiger partial charge is 0.314 e. The minimum atomic E-state index is -0.465. The number of methoxy groups -OCH3 is 1. The van der Waals surface area contributed by atoms with Crippen LogP contribution in [0.1, 0.15) is 38.5 Å². The largest absolute Gasteiger partial charge is 0.469 e. The average Bonchev–Trinajstić information content (AvgIpc) is 2.52. The summed E-state index contributed by atoms with van der Waals surface area (Å²) in [6, 6.07) is -0.342. The van der Waals surface area contributed by atoms with Crippen LogP contribution in [0.5, 0.6) is 0 Å². The predicted octanol–water partition coefficient (Wildman–Crippen LogP) is 1.10. The van der Waals surface area contributed by atoms with Crippen molar-refractivity contribution in [2.45, 2.75) is 44.6 Å². The minimum absolute atomic E-state index is 0.122. The van der Waals surface area contributed by atoms with Crippen molar-refractivity contribution >= 4 is 12.0 Å². The molecular weight excluding hydrogens is 270 g/mol. The molecule has 2 unspecified atom stereocenters. The molecule has 6 nitrogen and oxygen atoms in total. The summed E-state index contributed by atoms with van der Waals surface area (Å²) in [6.07, 6.45) is 7.24. The Morgan fingerprint density at radius 2 is 1.95 bits per heavy atom. The van der Waals surface area contributed by atoms with Crippen molar-refractivity contribution in [3.63, 3.8) is 0 Å². The second kappa shape index (κ2) is 7.64. The van der Waals surface area contributed by atoms with Crippen LogP contribution in [0, 0.1) is 11.8 Å². The van der Waals surface area contributed by atoms with E-state index in [2.05, 4.69) is 5.32 Å². The molecular formula is C15H27N3O3. The zero-order chi connectivity index (χ0) is 15.2. The Balaban J connectivity index is 1.87. The van der Waals surface area contributed by atoms with Crippen molar-refractivity contribution < 1.29 is 14.3 Å². The summed E-state index contributed by atoms with van der Waals surface area (Å²) in [5, 5.41) is 3.53. The molecule has 1 aliphatic carbocycles. The van der Waals surface area contributed by atoms with Gasteiger partial charge in [-0.05, 0) is 31.7 Å². The summed E-state index contributed by atoms with van der Waals surface area (Å²) in [5.41, 5.74) is 5.38. The number of hydrogen-bond acceptors (Lipinski definition) is 4. The monoisotopic (exact) mass is 297 g/mol. The number of urea groups is 1. The average molecular weight is 297 g/mol. The highest BCUT2D eigenvalue weighted by Gasteiger charge is 2.33. The van der Waals surface area contributed by atoms with Crippen molar-refractivity contribution in [3.8, 4) is 0 Å². The van der Waals surface area contributed by atoms with Gasteiger partial charge in [-0.2, -0.15) is 0 Å². The Bertz CT molecular complexity index is 369. The van der Waals surface area contributed by atoms with E-state index < -0.39 is 6.03 Å². The molecule has 0 aromatic rings. The maximum absolute atomic E-state index is 11.8. The van der Waals surface area contributed by atoms with Crippen LogP contribution in [0.3, 0.4) is 0 Å². The first-order chi connectivity index (χ1) is 10.1. The number of primary amides is 1. The van der Waals surface area contributed by atoms with Gasteiger partial charge in [0.25, 0.3) is 0 Å². The third kappa shape index (κ3) is 4.59.